The number of aromatic hydroxyl groups is 1. The van der Waals surface area contributed by atoms with E-state index in [9.17, 15) is 5.11 Å². The molecule has 0 amide bonds. The average Bonchev–Trinajstić information content (AvgIpc) is 2.53. The minimum Gasteiger partial charge on any atom is -0.504 e. The quantitative estimate of drug-likeness (QED) is 0.786. The molecule has 21 heavy (non-hydrogen) atoms. The van der Waals surface area contributed by atoms with Crippen molar-refractivity contribution in [2.24, 2.45) is 0 Å². The van der Waals surface area contributed by atoms with Gasteiger partial charge in [0.1, 0.15) is 6.61 Å². The van der Waals surface area contributed by atoms with Crippen LogP contribution in [0.3, 0.4) is 0 Å². The lowest BCUT2D eigenvalue weighted by Crippen LogP contribution is -1.96. The molecule has 3 rings (SSSR count). The number of phenolic OH excluding ortho intramolecular Hbond substituents is 1. The summed E-state index contributed by atoms with van der Waals surface area (Å²) in [7, 11) is 0. The van der Waals surface area contributed by atoms with Gasteiger partial charge in [0.2, 0.25) is 0 Å². The van der Waals surface area contributed by atoms with Crippen LogP contribution in [0, 0.1) is 11.3 Å². The fraction of sp³-hybridized carbons (Fsp3) is 0.0556. The summed E-state index contributed by atoms with van der Waals surface area (Å²) >= 11 is 0. The summed E-state index contributed by atoms with van der Waals surface area (Å²) < 4.78 is 5.67. The van der Waals surface area contributed by atoms with E-state index in [0.29, 0.717) is 17.9 Å². The van der Waals surface area contributed by atoms with Gasteiger partial charge in [-0.15, -0.1) is 0 Å². The number of ether oxygens (including phenoxy) is 1. The molecule has 0 aliphatic carbocycles. The Balaban J connectivity index is 1.84. The number of benzene rings is 3. The van der Waals surface area contributed by atoms with Gasteiger partial charge in [0, 0.05) is 0 Å². The second-order valence-electron chi connectivity index (χ2n) is 4.77. The maximum absolute atomic E-state index is 10.0. The van der Waals surface area contributed by atoms with Gasteiger partial charge in [0.15, 0.2) is 11.5 Å². The first-order valence-corrected chi connectivity index (χ1v) is 6.60. The molecule has 0 aliphatic heterocycles. The van der Waals surface area contributed by atoms with Crippen LogP contribution in [0.5, 0.6) is 11.5 Å². The van der Waals surface area contributed by atoms with Crippen LogP contribution < -0.4 is 4.74 Å². The standard InChI is InChI=1S/C18H13NO2/c19-11-13-4-3-5-14(8-13)12-21-18-10-16-7-2-1-6-15(16)9-17(18)20/h1-10,20H,12H2. The molecule has 0 saturated heterocycles. The molecule has 0 fully saturated rings. The highest BCUT2D eigenvalue weighted by Crippen LogP contribution is 2.31. The van der Waals surface area contributed by atoms with Crippen LogP contribution in [0.15, 0.2) is 60.7 Å². The van der Waals surface area contributed by atoms with Crippen molar-refractivity contribution in [1.82, 2.24) is 0 Å². The zero-order chi connectivity index (χ0) is 14.7. The summed E-state index contributed by atoms with van der Waals surface area (Å²) in [6.45, 7) is 0.307. The van der Waals surface area contributed by atoms with Gasteiger partial charge < -0.3 is 9.84 Å². The molecular weight excluding hydrogens is 262 g/mol. The first-order valence-electron chi connectivity index (χ1n) is 6.60. The monoisotopic (exact) mass is 275 g/mol. The van der Waals surface area contributed by atoms with Crippen LogP contribution in [-0.2, 0) is 6.61 Å². The van der Waals surface area contributed by atoms with Gasteiger partial charge in [-0.25, -0.2) is 0 Å². The van der Waals surface area contributed by atoms with Crippen molar-refractivity contribution in [3.63, 3.8) is 0 Å². The molecule has 1 N–H and O–H groups in total. The van der Waals surface area contributed by atoms with E-state index < -0.39 is 0 Å². The normalized spacial score (nSPS) is 10.2. The van der Waals surface area contributed by atoms with Crippen molar-refractivity contribution in [2.45, 2.75) is 6.61 Å². The highest BCUT2D eigenvalue weighted by molar-refractivity contribution is 5.85. The van der Waals surface area contributed by atoms with Gasteiger partial charge in [-0.05, 0) is 40.6 Å². The smallest absolute Gasteiger partial charge is 0.162 e. The van der Waals surface area contributed by atoms with Crippen LogP contribution in [0.25, 0.3) is 10.8 Å². The predicted molar refractivity (Wildman–Crippen MR) is 81.1 cm³/mol. The molecule has 0 spiro atoms. The third-order valence-corrected chi connectivity index (χ3v) is 3.28. The third-order valence-electron chi connectivity index (χ3n) is 3.28. The van der Waals surface area contributed by atoms with Gasteiger partial charge in [0.05, 0.1) is 11.6 Å². The molecule has 0 aliphatic rings. The Morgan fingerprint density at radius 3 is 2.48 bits per heavy atom. The van der Waals surface area contributed by atoms with E-state index in [1.165, 1.54) is 0 Å². The molecule has 0 saturated carbocycles. The summed E-state index contributed by atoms with van der Waals surface area (Å²) in [4.78, 5) is 0. The van der Waals surface area contributed by atoms with E-state index in [-0.39, 0.29) is 5.75 Å². The van der Waals surface area contributed by atoms with Crippen molar-refractivity contribution in [1.29, 1.82) is 5.26 Å². The second kappa shape index (κ2) is 5.56. The molecule has 102 valence electrons. The lowest BCUT2D eigenvalue weighted by Gasteiger charge is -2.10. The maximum Gasteiger partial charge on any atom is 0.162 e. The van der Waals surface area contributed by atoms with E-state index in [2.05, 4.69) is 6.07 Å². The number of nitrogens with zero attached hydrogens (tertiary/aromatic N) is 1. The molecule has 0 heterocycles. The van der Waals surface area contributed by atoms with Crippen LogP contribution in [0.2, 0.25) is 0 Å². The van der Waals surface area contributed by atoms with E-state index in [1.807, 2.05) is 42.5 Å². The largest absolute Gasteiger partial charge is 0.504 e. The van der Waals surface area contributed by atoms with Crippen LogP contribution in [-0.4, -0.2) is 5.11 Å². The summed E-state index contributed by atoms with van der Waals surface area (Å²) in [5.41, 5.74) is 1.49. The number of nitriles is 1. The van der Waals surface area contributed by atoms with E-state index in [1.54, 1.807) is 18.2 Å². The highest BCUT2D eigenvalue weighted by Gasteiger charge is 2.05. The highest BCUT2D eigenvalue weighted by atomic mass is 16.5. The van der Waals surface area contributed by atoms with Gasteiger partial charge in [0.25, 0.3) is 0 Å². The van der Waals surface area contributed by atoms with Gasteiger partial charge in [-0.1, -0.05) is 36.4 Å². The van der Waals surface area contributed by atoms with E-state index >= 15 is 0 Å². The minimum atomic E-state index is 0.116. The molecule has 0 atom stereocenters. The van der Waals surface area contributed by atoms with Crippen LogP contribution >= 0.6 is 0 Å². The number of phenols is 1. The SMILES string of the molecule is N#Cc1cccc(COc2cc3ccccc3cc2O)c1. The lowest BCUT2D eigenvalue weighted by atomic mass is 10.1. The molecular formula is C18H13NO2. The maximum atomic E-state index is 10.0. The first kappa shape index (κ1) is 13.0. The molecule has 3 nitrogen and oxygen atoms in total. The summed E-state index contributed by atoms with van der Waals surface area (Å²) in [5.74, 6) is 0.557. The molecule has 3 aromatic carbocycles. The first-order chi connectivity index (χ1) is 10.3. The van der Waals surface area contributed by atoms with Crippen molar-refractivity contribution < 1.29 is 9.84 Å². The van der Waals surface area contributed by atoms with Crippen molar-refractivity contribution in [2.75, 3.05) is 0 Å². The summed E-state index contributed by atoms with van der Waals surface area (Å²) in [6, 6.07) is 20.6. The second-order valence-corrected chi connectivity index (χ2v) is 4.77. The fourth-order valence-electron chi connectivity index (χ4n) is 2.21. The zero-order valence-corrected chi connectivity index (χ0v) is 11.3. The third kappa shape index (κ3) is 2.80. The number of fused-ring (bicyclic) bond motifs is 1. The Morgan fingerprint density at radius 2 is 1.71 bits per heavy atom. The Morgan fingerprint density at radius 1 is 0.952 bits per heavy atom. The Hall–Kier alpha value is -2.99. The summed E-state index contributed by atoms with van der Waals surface area (Å²) in [5, 5.41) is 20.9. The Labute approximate surface area is 122 Å². The van der Waals surface area contributed by atoms with Crippen LogP contribution in [0.4, 0.5) is 0 Å². The molecule has 3 heteroatoms. The van der Waals surface area contributed by atoms with Crippen molar-refractivity contribution in [3.8, 4) is 17.6 Å². The number of hydrogen-bond donors (Lipinski definition) is 1. The zero-order valence-electron chi connectivity index (χ0n) is 11.3. The predicted octanol–water partition coefficient (Wildman–Crippen LogP) is 4.00. The molecule has 0 unspecified atom stereocenters. The van der Waals surface area contributed by atoms with Gasteiger partial charge in [-0.2, -0.15) is 5.26 Å². The lowest BCUT2D eigenvalue weighted by molar-refractivity contribution is 0.289. The molecule has 0 radical (unpaired) electrons. The fourth-order valence-corrected chi connectivity index (χ4v) is 2.21. The molecule has 3 aromatic rings. The Bertz CT molecular complexity index is 834. The van der Waals surface area contributed by atoms with Gasteiger partial charge in [-0.3, -0.25) is 0 Å². The number of rotatable bonds is 3. The average molecular weight is 275 g/mol. The number of hydrogen-bond acceptors (Lipinski definition) is 3. The van der Waals surface area contributed by atoms with E-state index in [0.717, 1.165) is 16.3 Å². The molecule has 0 bridgehead atoms. The minimum absolute atomic E-state index is 0.116. The molecule has 0 aromatic heterocycles. The van der Waals surface area contributed by atoms with Gasteiger partial charge >= 0.3 is 0 Å². The van der Waals surface area contributed by atoms with Crippen molar-refractivity contribution in [3.05, 3.63) is 71.8 Å². The summed E-state index contributed by atoms with van der Waals surface area (Å²) in [6.07, 6.45) is 0. The van der Waals surface area contributed by atoms with Crippen LogP contribution in [0.1, 0.15) is 11.1 Å². The van der Waals surface area contributed by atoms with Crippen molar-refractivity contribution >= 4 is 10.8 Å². The van der Waals surface area contributed by atoms with E-state index in [4.69, 9.17) is 10.00 Å². The topological polar surface area (TPSA) is 53.2 Å². The Kier molecular flexibility index (Phi) is 3.44.